The third-order valence-corrected chi connectivity index (χ3v) is 6.42. The molecule has 2 bridgehead atoms. The Bertz CT molecular complexity index is 664. The normalized spacial score (nSPS) is 37.4. The van der Waals surface area contributed by atoms with E-state index in [1.54, 1.807) is 0 Å². The first-order valence-corrected chi connectivity index (χ1v) is 9.97. The maximum absolute atomic E-state index is 10.8. The van der Waals surface area contributed by atoms with Gasteiger partial charge in [0.2, 0.25) is 0 Å². The highest BCUT2D eigenvalue weighted by Gasteiger charge is 2.37. The largest absolute Gasteiger partial charge is 0.378 e. The van der Waals surface area contributed by atoms with Gasteiger partial charge in [-0.25, -0.2) is 0 Å². The summed E-state index contributed by atoms with van der Waals surface area (Å²) in [6, 6.07) is 8.69. The first kappa shape index (κ1) is 17.4. The Morgan fingerprint density at radius 2 is 1.92 bits per heavy atom. The number of hydrogen-bond acceptors (Lipinski definition) is 3. The molecule has 0 radical (unpaired) electrons. The molecule has 4 heteroatoms. The highest BCUT2D eigenvalue weighted by Crippen LogP contribution is 2.32. The molecule has 3 saturated heterocycles. The van der Waals surface area contributed by atoms with Crippen LogP contribution in [-0.4, -0.2) is 47.3 Å². The third-order valence-electron chi connectivity index (χ3n) is 6.18. The quantitative estimate of drug-likeness (QED) is 0.798. The van der Waals surface area contributed by atoms with Crippen LogP contribution in [0.3, 0.4) is 0 Å². The summed E-state index contributed by atoms with van der Waals surface area (Å²) >= 11 is 6.00. The monoisotopic (exact) mass is 358 g/mol. The van der Waals surface area contributed by atoms with Crippen molar-refractivity contribution >= 4 is 11.6 Å². The van der Waals surface area contributed by atoms with Gasteiger partial charge in [0.25, 0.3) is 0 Å². The van der Waals surface area contributed by atoms with Crippen LogP contribution in [0.15, 0.2) is 24.3 Å². The lowest BCUT2D eigenvalue weighted by Gasteiger charge is -2.47. The molecule has 4 aliphatic rings. The van der Waals surface area contributed by atoms with Crippen LogP contribution in [-0.2, 0) is 0 Å². The van der Waals surface area contributed by atoms with E-state index in [1.807, 2.05) is 24.3 Å². The van der Waals surface area contributed by atoms with Gasteiger partial charge in [0, 0.05) is 29.2 Å². The summed E-state index contributed by atoms with van der Waals surface area (Å²) in [5, 5.41) is 15.4. The molecular formula is C21H27ClN2O. The number of halogens is 1. The van der Waals surface area contributed by atoms with Crippen molar-refractivity contribution in [2.24, 2.45) is 5.92 Å². The van der Waals surface area contributed by atoms with E-state index in [0.29, 0.717) is 17.1 Å². The van der Waals surface area contributed by atoms with Gasteiger partial charge >= 0.3 is 0 Å². The Hall–Kier alpha value is -1.05. The van der Waals surface area contributed by atoms with Crippen LogP contribution < -0.4 is 5.32 Å². The number of benzene rings is 1. The zero-order valence-electron chi connectivity index (χ0n) is 14.7. The summed E-state index contributed by atoms with van der Waals surface area (Å²) < 4.78 is 0. The molecule has 134 valence electrons. The average Bonchev–Trinajstić information content (AvgIpc) is 2.64. The Morgan fingerprint density at radius 1 is 1.16 bits per heavy atom. The third kappa shape index (κ3) is 4.20. The first-order valence-electron chi connectivity index (χ1n) is 9.59. The molecule has 1 saturated carbocycles. The van der Waals surface area contributed by atoms with E-state index in [1.165, 1.54) is 32.5 Å². The minimum absolute atomic E-state index is 0.527. The van der Waals surface area contributed by atoms with Crippen LogP contribution in [0.5, 0.6) is 0 Å². The van der Waals surface area contributed by atoms with Crippen molar-refractivity contribution in [1.29, 1.82) is 0 Å². The number of aliphatic hydroxyl groups is 1. The molecule has 1 unspecified atom stereocenters. The molecule has 25 heavy (non-hydrogen) atoms. The van der Waals surface area contributed by atoms with Gasteiger partial charge in [-0.05, 0) is 75.7 Å². The van der Waals surface area contributed by atoms with Gasteiger partial charge < -0.3 is 15.3 Å². The number of fused-ring (bicyclic) bond motifs is 3. The maximum Gasteiger partial charge on any atom is 0.126 e. The predicted octanol–water partition coefficient (Wildman–Crippen LogP) is 3.05. The molecule has 2 N–H and O–H groups in total. The summed E-state index contributed by atoms with van der Waals surface area (Å²) in [7, 11) is 0. The van der Waals surface area contributed by atoms with Gasteiger partial charge in [-0.3, -0.25) is 0 Å². The van der Waals surface area contributed by atoms with Crippen molar-refractivity contribution in [1.82, 2.24) is 10.2 Å². The van der Waals surface area contributed by atoms with Crippen LogP contribution >= 0.6 is 11.6 Å². The van der Waals surface area contributed by atoms with Gasteiger partial charge in [-0.1, -0.05) is 29.5 Å². The van der Waals surface area contributed by atoms with Crippen molar-refractivity contribution < 1.29 is 5.11 Å². The van der Waals surface area contributed by atoms with Crippen molar-refractivity contribution in [3.63, 3.8) is 0 Å². The minimum Gasteiger partial charge on any atom is -0.378 e. The highest BCUT2D eigenvalue weighted by atomic mass is 35.5. The fourth-order valence-electron chi connectivity index (χ4n) is 4.60. The van der Waals surface area contributed by atoms with E-state index in [-0.39, 0.29) is 0 Å². The number of nitrogens with zero attached hydrogens (tertiary/aromatic N) is 1. The SMILES string of the molecule is OC1(C#Cc2cccc(Cl)c2)CCC(NC2CN3CCC2CC3)CC1. The Balaban J connectivity index is 1.32. The van der Waals surface area contributed by atoms with Crippen LogP contribution in [0.4, 0.5) is 0 Å². The molecule has 0 spiro atoms. The van der Waals surface area contributed by atoms with Crippen molar-refractivity contribution in [2.75, 3.05) is 19.6 Å². The van der Waals surface area contributed by atoms with Gasteiger partial charge in [0.1, 0.15) is 5.60 Å². The molecule has 1 aliphatic carbocycles. The van der Waals surface area contributed by atoms with Gasteiger partial charge in [-0.15, -0.1) is 0 Å². The average molecular weight is 359 g/mol. The minimum atomic E-state index is -0.852. The number of nitrogens with one attached hydrogen (secondary N) is 1. The van der Waals surface area contributed by atoms with E-state index in [0.717, 1.165) is 37.2 Å². The van der Waals surface area contributed by atoms with Crippen LogP contribution in [0.25, 0.3) is 0 Å². The number of rotatable bonds is 2. The Labute approximate surface area is 155 Å². The second kappa shape index (κ2) is 7.29. The molecule has 0 aromatic heterocycles. The predicted molar refractivity (Wildman–Crippen MR) is 102 cm³/mol. The zero-order valence-corrected chi connectivity index (χ0v) is 15.4. The standard InChI is InChI=1S/C21H27ClN2O/c22-18-3-1-2-16(14-18)4-9-21(25)10-5-19(6-11-21)23-20-15-24-12-7-17(20)8-13-24/h1-3,14,17,19-20,23,25H,5-8,10-13,15H2. The summed E-state index contributed by atoms with van der Waals surface area (Å²) in [4.78, 5) is 2.59. The molecule has 3 heterocycles. The van der Waals surface area contributed by atoms with Crippen LogP contribution in [0, 0.1) is 17.8 Å². The van der Waals surface area contributed by atoms with E-state index in [2.05, 4.69) is 22.1 Å². The Kier molecular flexibility index (Phi) is 5.06. The zero-order chi connectivity index (χ0) is 17.3. The molecule has 5 rings (SSSR count). The first-order chi connectivity index (χ1) is 12.1. The summed E-state index contributed by atoms with van der Waals surface area (Å²) in [6.07, 6.45) is 6.20. The summed E-state index contributed by atoms with van der Waals surface area (Å²) in [5.74, 6) is 7.06. The fourth-order valence-corrected chi connectivity index (χ4v) is 4.79. The molecular weight excluding hydrogens is 332 g/mol. The molecule has 0 amide bonds. The maximum atomic E-state index is 10.8. The topological polar surface area (TPSA) is 35.5 Å². The van der Waals surface area contributed by atoms with Crippen molar-refractivity contribution in [2.45, 2.75) is 56.2 Å². The molecule has 3 aliphatic heterocycles. The van der Waals surface area contributed by atoms with E-state index in [4.69, 9.17) is 11.6 Å². The second-order valence-electron chi connectivity index (χ2n) is 7.98. The molecule has 3 nitrogen and oxygen atoms in total. The molecule has 1 aromatic carbocycles. The lowest BCUT2D eigenvalue weighted by Crippen LogP contribution is -2.58. The van der Waals surface area contributed by atoms with Gasteiger partial charge in [-0.2, -0.15) is 0 Å². The molecule has 1 aromatic rings. The number of hydrogen-bond donors (Lipinski definition) is 2. The number of piperidine rings is 3. The summed E-state index contributed by atoms with van der Waals surface area (Å²) in [6.45, 7) is 3.78. The fraction of sp³-hybridized carbons (Fsp3) is 0.619. The summed E-state index contributed by atoms with van der Waals surface area (Å²) in [5.41, 5.74) is 0.0173. The van der Waals surface area contributed by atoms with Crippen LogP contribution in [0.1, 0.15) is 44.1 Å². The van der Waals surface area contributed by atoms with Gasteiger partial charge in [0.05, 0.1) is 0 Å². The lowest BCUT2D eigenvalue weighted by molar-refractivity contribution is 0.0327. The van der Waals surface area contributed by atoms with Crippen molar-refractivity contribution in [3.8, 4) is 11.8 Å². The van der Waals surface area contributed by atoms with Crippen LogP contribution in [0.2, 0.25) is 5.02 Å². The van der Waals surface area contributed by atoms with Gasteiger partial charge in [0.15, 0.2) is 0 Å². The van der Waals surface area contributed by atoms with E-state index in [9.17, 15) is 5.11 Å². The lowest BCUT2D eigenvalue weighted by atomic mass is 9.80. The van der Waals surface area contributed by atoms with E-state index >= 15 is 0 Å². The Morgan fingerprint density at radius 3 is 2.56 bits per heavy atom. The van der Waals surface area contributed by atoms with Crippen molar-refractivity contribution in [3.05, 3.63) is 34.9 Å². The molecule has 1 atom stereocenters. The molecule has 4 fully saturated rings. The second-order valence-corrected chi connectivity index (χ2v) is 8.41. The smallest absolute Gasteiger partial charge is 0.126 e. The highest BCUT2D eigenvalue weighted by molar-refractivity contribution is 6.30. The van der Waals surface area contributed by atoms with E-state index < -0.39 is 5.60 Å².